The van der Waals surface area contributed by atoms with Crippen molar-refractivity contribution in [1.82, 2.24) is 0 Å². The zero-order chi connectivity index (χ0) is 7.49. The van der Waals surface area contributed by atoms with Crippen LogP contribution in [0.2, 0.25) is 0 Å². The van der Waals surface area contributed by atoms with Crippen LogP contribution in [0.15, 0.2) is 0 Å². The van der Waals surface area contributed by atoms with Gasteiger partial charge in [-0.25, -0.2) is 0 Å². The molecule has 54 valence electrons. The average molecular weight is 131 g/mol. The molecule has 0 saturated heterocycles. The first-order valence-corrected chi connectivity index (χ1v) is 2.78. The molecule has 0 aromatic rings. The van der Waals surface area contributed by atoms with E-state index < -0.39 is 5.97 Å². The summed E-state index contributed by atoms with van der Waals surface area (Å²) in [6.45, 7) is 5.60. The summed E-state index contributed by atoms with van der Waals surface area (Å²) in [5.74, 6) is -0.692. The van der Waals surface area contributed by atoms with Gasteiger partial charge >= 0.3 is 5.97 Å². The molecular formula is C6H11O3-. The fraction of sp³-hybridized carbons (Fsp3) is 0.833. The van der Waals surface area contributed by atoms with Crippen molar-refractivity contribution >= 4 is 5.97 Å². The second kappa shape index (κ2) is 2.82. The highest BCUT2D eigenvalue weighted by atomic mass is 17.1. The standard InChI is InChI=1S/C6H12O3/c1-6(2,3)4-5(7)9-8/h8H,4H2,1-3H3/p-1. The number of rotatable bonds is 1. The van der Waals surface area contributed by atoms with Crippen LogP contribution in [0, 0.1) is 5.41 Å². The van der Waals surface area contributed by atoms with E-state index in [1.165, 1.54) is 0 Å². The fourth-order valence-electron chi connectivity index (χ4n) is 0.462. The van der Waals surface area contributed by atoms with Gasteiger partial charge in [-0.05, 0) is 5.41 Å². The van der Waals surface area contributed by atoms with Crippen LogP contribution in [0.1, 0.15) is 27.2 Å². The zero-order valence-electron chi connectivity index (χ0n) is 5.93. The molecule has 0 aromatic heterocycles. The van der Waals surface area contributed by atoms with Crippen LogP contribution in [0.5, 0.6) is 0 Å². The van der Waals surface area contributed by atoms with Gasteiger partial charge in [-0.2, -0.15) is 0 Å². The zero-order valence-corrected chi connectivity index (χ0v) is 5.93. The Bertz CT molecular complexity index is 101. The summed E-state index contributed by atoms with van der Waals surface area (Å²) in [5.41, 5.74) is -0.151. The van der Waals surface area contributed by atoms with Crippen molar-refractivity contribution in [3.63, 3.8) is 0 Å². The summed E-state index contributed by atoms with van der Waals surface area (Å²) in [6, 6.07) is 0. The van der Waals surface area contributed by atoms with Crippen molar-refractivity contribution in [3.05, 3.63) is 0 Å². The van der Waals surface area contributed by atoms with E-state index in [2.05, 4.69) is 4.89 Å². The molecule has 0 spiro atoms. The Balaban J connectivity index is 3.60. The maximum atomic E-state index is 10.3. The van der Waals surface area contributed by atoms with Crippen LogP contribution in [-0.2, 0) is 9.68 Å². The van der Waals surface area contributed by atoms with Gasteiger partial charge in [-0.1, -0.05) is 20.8 Å². The van der Waals surface area contributed by atoms with Gasteiger partial charge in [-0.15, -0.1) is 0 Å². The van der Waals surface area contributed by atoms with E-state index in [1.54, 1.807) is 0 Å². The Labute approximate surface area is 54.6 Å². The maximum Gasteiger partial charge on any atom is 0.300 e. The lowest BCUT2D eigenvalue weighted by atomic mass is 9.93. The van der Waals surface area contributed by atoms with Crippen molar-refractivity contribution in [2.75, 3.05) is 0 Å². The topological polar surface area (TPSA) is 49.4 Å². The van der Waals surface area contributed by atoms with Crippen LogP contribution >= 0.6 is 0 Å². The van der Waals surface area contributed by atoms with Crippen LogP contribution in [0.25, 0.3) is 0 Å². The molecule has 0 bridgehead atoms. The summed E-state index contributed by atoms with van der Waals surface area (Å²) in [5, 5.41) is 9.46. The molecule has 0 atom stereocenters. The van der Waals surface area contributed by atoms with E-state index in [0.29, 0.717) is 0 Å². The van der Waals surface area contributed by atoms with E-state index in [0.717, 1.165) is 0 Å². The molecule has 0 amide bonds. The summed E-state index contributed by atoms with van der Waals surface area (Å²) >= 11 is 0. The van der Waals surface area contributed by atoms with Gasteiger partial charge in [0.1, 0.15) is 0 Å². The number of carbonyl (C=O) groups is 1. The maximum absolute atomic E-state index is 10.3. The molecule has 3 nitrogen and oxygen atoms in total. The first kappa shape index (κ1) is 8.43. The van der Waals surface area contributed by atoms with Gasteiger partial charge in [-0.3, -0.25) is 4.79 Å². The highest BCUT2D eigenvalue weighted by molar-refractivity contribution is 5.69. The van der Waals surface area contributed by atoms with Gasteiger partial charge < -0.3 is 10.1 Å². The summed E-state index contributed by atoms with van der Waals surface area (Å²) in [7, 11) is 0. The minimum Gasteiger partial charge on any atom is -0.662 e. The Kier molecular flexibility index (Phi) is 2.65. The summed E-state index contributed by atoms with van der Waals surface area (Å²) in [4.78, 5) is 13.5. The predicted octanol–water partition coefficient (Wildman–Crippen LogP) is 0.241. The molecule has 0 aliphatic heterocycles. The van der Waals surface area contributed by atoms with Gasteiger partial charge in [0.05, 0.1) is 0 Å². The van der Waals surface area contributed by atoms with E-state index >= 15 is 0 Å². The van der Waals surface area contributed by atoms with Crippen molar-refractivity contribution in [2.24, 2.45) is 5.41 Å². The van der Waals surface area contributed by atoms with Crippen LogP contribution < -0.4 is 5.26 Å². The Morgan fingerprint density at radius 1 is 1.56 bits per heavy atom. The van der Waals surface area contributed by atoms with Gasteiger partial charge in [0.15, 0.2) is 0 Å². The summed E-state index contributed by atoms with van der Waals surface area (Å²) < 4.78 is 0. The summed E-state index contributed by atoms with van der Waals surface area (Å²) in [6.07, 6.45) is 0.177. The van der Waals surface area contributed by atoms with Crippen LogP contribution in [0.4, 0.5) is 0 Å². The lowest BCUT2D eigenvalue weighted by Gasteiger charge is -2.17. The lowest BCUT2D eigenvalue weighted by Crippen LogP contribution is -2.20. The minimum atomic E-state index is -0.692. The molecule has 0 aliphatic carbocycles. The first-order valence-electron chi connectivity index (χ1n) is 2.78. The fourth-order valence-corrected chi connectivity index (χ4v) is 0.462. The van der Waals surface area contributed by atoms with Crippen molar-refractivity contribution in [2.45, 2.75) is 27.2 Å². The molecular weight excluding hydrogens is 120 g/mol. The first-order chi connectivity index (χ1) is 3.95. The van der Waals surface area contributed by atoms with Crippen LogP contribution in [0.3, 0.4) is 0 Å². The van der Waals surface area contributed by atoms with E-state index in [-0.39, 0.29) is 11.8 Å². The molecule has 0 aromatic carbocycles. The third-order valence-corrected chi connectivity index (χ3v) is 0.768. The minimum absolute atomic E-state index is 0.151. The largest absolute Gasteiger partial charge is 0.662 e. The lowest BCUT2D eigenvalue weighted by molar-refractivity contribution is -0.657. The molecule has 0 saturated carbocycles. The van der Waals surface area contributed by atoms with Crippen LogP contribution in [-0.4, -0.2) is 5.97 Å². The molecule has 0 unspecified atom stereocenters. The smallest absolute Gasteiger partial charge is 0.300 e. The molecule has 0 aliphatic rings. The second-order valence-electron chi connectivity index (χ2n) is 3.19. The second-order valence-corrected chi connectivity index (χ2v) is 3.19. The van der Waals surface area contributed by atoms with Crippen molar-refractivity contribution in [3.8, 4) is 0 Å². The number of hydrogen-bond donors (Lipinski definition) is 0. The molecule has 9 heavy (non-hydrogen) atoms. The van der Waals surface area contributed by atoms with Gasteiger partial charge in [0, 0.05) is 6.42 Å². The van der Waals surface area contributed by atoms with Gasteiger partial charge in [0.25, 0.3) is 0 Å². The third kappa shape index (κ3) is 5.30. The number of carbonyl (C=O) groups excluding carboxylic acids is 1. The Morgan fingerprint density at radius 3 is 2.11 bits per heavy atom. The molecule has 0 heterocycles. The molecule has 0 N–H and O–H groups in total. The van der Waals surface area contributed by atoms with Crippen molar-refractivity contribution in [1.29, 1.82) is 0 Å². The third-order valence-electron chi connectivity index (χ3n) is 0.768. The van der Waals surface area contributed by atoms with Crippen molar-refractivity contribution < 1.29 is 14.9 Å². The highest BCUT2D eigenvalue weighted by Crippen LogP contribution is 2.17. The normalized spacial score (nSPS) is 11.1. The molecule has 3 heteroatoms. The SMILES string of the molecule is CC(C)(C)CC(=O)O[O-]. The van der Waals surface area contributed by atoms with E-state index in [1.807, 2.05) is 20.8 Å². The molecule has 0 rings (SSSR count). The average Bonchev–Trinajstić information content (AvgIpc) is 1.62. The predicted molar refractivity (Wildman–Crippen MR) is 30.2 cm³/mol. The Morgan fingerprint density at radius 2 is 2.00 bits per heavy atom. The van der Waals surface area contributed by atoms with E-state index in [9.17, 15) is 10.1 Å². The molecule has 0 radical (unpaired) electrons. The monoisotopic (exact) mass is 131 g/mol. The quantitative estimate of drug-likeness (QED) is 0.378. The highest BCUT2D eigenvalue weighted by Gasteiger charge is 2.14. The number of hydrogen-bond acceptors (Lipinski definition) is 3. The van der Waals surface area contributed by atoms with E-state index in [4.69, 9.17) is 0 Å². The Hall–Kier alpha value is -0.570. The molecule has 0 fully saturated rings. The van der Waals surface area contributed by atoms with Gasteiger partial charge in [0.2, 0.25) is 0 Å².